The highest BCUT2D eigenvalue weighted by atomic mass is 35.5. The highest BCUT2D eigenvalue weighted by Gasteiger charge is 2.41. The summed E-state index contributed by atoms with van der Waals surface area (Å²) in [5, 5.41) is 8.14. The third-order valence-electron chi connectivity index (χ3n) is 6.32. The maximum absolute atomic E-state index is 13.6. The monoisotopic (exact) mass is 450 g/mol. The molecular formula is C25H23ClN2O4. The van der Waals surface area contributed by atoms with Crippen LogP contribution in [0.2, 0.25) is 5.02 Å². The van der Waals surface area contributed by atoms with Crippen molar-refractivity contribution in [2.45, 2.75) is 31.6 Å². The molecule has 6 nitrogen and oxygen atoms in total. The van der Waals surface area contributed by atoms with Crippen LogP contribution < -0.4 is 14.8 Å². The average Bonchev–Trinajstić information content (AvgIpc) is 3.17. The molecule has 0 bridgehead atoms. The molecule has 2 atom stereocenters. The van der Waals surface area contributed by atoms with Crippen molar-refractivity contribution < 1.29 is 18.8 Å². The number of allylic oxidation sites excluding steroid dienone is 2. The first-order chi connectivity index (χ1) is 15.5. The topological polar surface area (TPSA) is 73.6 Å². The lowest BCUT2D eigenvalue weighted by atomic mass is 9.72. The van der Waals surface area contributed by atoms with Gasteiger partial charge in [0.05, 0.1) is 25.5 Å². The Labute approximate surface area is 191 Å². The number of carbonyl (C=O) groups excluding carboxylic acids is 1. The molecule has 0 saturated heterocycles. The molecule has 164 valence electrons. The minimum Gasteiger partial charge on any atom is -0.497 e. The van der Waals surface area contributed by atoms with Crippen molar-refractivity contribution in [1.82, 2.24) is 5.16 Å². The Hall–Kier alpha value is -3.25. The molecule has 1 aromatic heterocycles. The molecule has 1 N–H and O–H groups in total. The second-order valence-electron chi connectivity index (χ2n) is 8.15. The number of benzene rings is 2. The summed E-state index contributed by atoms with van der Waals surface area (Å²) in [5.41, 5.74) is 5.15. The zero-order valence-corrected chi connectivity index (χ0v) is 18.8. The van der Waals surface area contributed by atoms with Crippen LogP contribution >= 0.6 is 11.6 Å². The van der Waals surface area contributed by atoms with E-state index in [0.717, 1.165) is 45.2 Å². The van der Waals surface area contributed by atoms with Gasteiger partial charge in [-0.1, -0.05) is 28.9 Å². The van der Waals surface area contributed by atoms with Crippen molar-refractivity contribution in [3.63, 3.8) is 0 Å². The Bertz CT molecular complexity index is 1250. The fourth-order valence-electron chi connectivity index (χ4n) is 4.87. The van der Waals surface area contributed by atoms with Gasteiger partial charge in [0, 0.05) is 40.1 Å². The zero-order chi connectivity index (χ0) is 22.4. The fourth-order valence-corrected chi connectivity index (χ4v) is 5.07. The number of nitrogens with one attached hydrogen (secondary N) is 1. The van der Waals surface area contributed by atoms with E-state index in [9.17, 15) is 4.79 Å². The standard InChI is InChI=1S/C25H23ClN2O4/c1-13-22-23(14-5-4-6-16(26)9-14)24-19(27-25(22)32-28-13)10-15(11-20(24)29)18-12-17(30-2)7-8-21(18)31-3/h4-9,12,15,23,27H,10-11H2,1-3H3/t15-,23-/m0/s1. The quantitative estimate of drug-likeness (QED) is 0.556. The maximum atomic E-state index is 13.6. The molecule has 32 heavy (non-hydrogen) atoms. The summed E-state index contributed by atoms with van der Waals surface area (Å²) in [7, 11) is 3.27. The van der Waals surface area contributed by atoms with Crippen molar-refractivity contribution in [1.29, 1.82) is 0 Å². The zero-order valence-electron chi connectivity index (χ0n) is 18.1. The number of methoxy groups -OCH3 is 2. The number of ether oxygens (including phenoxy) is 2. The van der Waals surface area contributed by atoms with Crippen LogP contribution in [0, 0.1) is 6.92 Å². The van der Waals surface area contributed by atoms with Crippen molar-refractivity contribution in [3.05, 3.63) is 81.1 Å². The molecule has 1 aliphatic heterocycles. The van der Waals surface area contributed by atoms with Gasteiger partial charge in [-0.2, -0.15) is 0 Å². The minimum absolute atomic E-state index is 0.0515. The molecule has 0 unspecified atom stereocenters. The van der Waals surface area contributed by atoms with E-state index in [4.69, 9.17) is 25.6 Å². The third kappa shape index (κ3) is 3.35. The van der Waals surface area contributed by atoms with Crippen LogP contribution in [-0.2, 0) is 4.79 Å². The van der Waals surface area contributed by atoms with Gasteiger partial charge in [0.1, 0.15) is 11.5 Å². The summed E-state index contributed by atoms with van der Waals surface area (Å²) in [6, 6.07) is 13.3. The normalized spacial score (nSPS) is 19.8. The number of hydrogen-bond donors (Lipinski definition) is 1. The lowest BCUT2D eigenvalue weighted by Crippen LogP contribution is -2.29. The number of Topliss-reactive ketones (excluding diaryl/α,β-unsaturated/α-hetero) is 1. The Balaban J connectivity index is 1.62. The number of nitrogens with zero attached hydrogens (tertiary/aromatic N) is 1. The largest absolute Gasteiger partial charge is 0.497 e. The number of halogens is 1. The van der Waals surface area contributed by atoms with Gasteiger partial charge in [-0.25, -0.2) is 0 Å². The summed E-state index contributed by atoms with van der Waals surface area (Å²) in [6.45, 7) is 1.89. The van der Waals surface area contributed by atoms with Gasteiger partial charge >= 0.3 is 0 Å². The molecule has 7 heteroatoms. The van der Waals surface area contributed by atoms with Gasteiger partial charge < -0.3 is 19.3 Å². The Morgan fingerprint density at radius 2 is 1.97 bits per heavy atom. The molecular weight excluding hydrogens is 428 g/mol. The maximum Gasteiger partial charge on any atom is 0.233 e. The van der Waals surface area contributed by atoms with E-state index in [1.165, 1.54) is 0 Å². The second-order valence-corrected chi connectivity index (χ2v) is 8.59. The van der Waals surface area contributed by atoms with Gasteiger partial charge in [-0.3, -0.25) is 4.79 Å². The minimum atomic E-state index is -0.271. The van der Waals surface area contributed by atoms with Crippen LogP contribution in [0.3, 0.4) is 0 Å². The first-order valence-corrected chi connectivity index (χ1v) is 10.8. The van der Waals surface area contributed by atoms with Gasteiger partial charge in [-0.15, -0.1) is 0 Å². The fraction of sp³-hybridized carbons (Fsp3) is 0.280. The molecule has 0 radical (unpaired) electrons. The molecule has 3 aromatic rings. The first-order valence-electron chi connectivity index (χ1n) is 10.5. The number of fused-ring (bicyclic) bond motifs is 1. The van der Waals surface area contributed by atoms with Crippen LogP contribution in [0.25, 0.3) is 0 Å². The van der Waals surface area contributed by atoms with Crippen molar-refractivity contribution in [3.8, 4) is 11.5 Å². The highest BCUT2D eigenvalue weighted by molar-refractivity contribution is 6.30. The summed E-state index contributed by atoms with van der Waals surface area (Å²) in [6.07, 6.45) is 1.02. The summed E-state index contributed by atoms with van der Waals surface area (Å²) >= 11 is 6.30. The number of rotatable bonds is 4. The average molecular weight is 451 g/mol. The van der Waals surface area contributed by atoms with E-state index in [1.54, 1.807) is 14.2 Å². The predicted molar refractivity (Wildman–Crippen MR) is 122 cm³/mol. The Morgan fingerprint density at radius 1 is 1.12 bits per heavy atom. The summed E-state index contributed by atoms with van der Waals surface area (Å²) in [5.74, 6) is 1.82. The van der Waals surface area contributed by atoms with Crippen LogP contribution in [0.4, 0.5) is 5.88 Å². The second kappa shape index (κ2) is 8.02. The Kier molecular flexibility index (Phi) is 5.18. The molecule has 0 fully saturated rings. The van der Waals surface area contributed by atoms with Gasteiger partial charge in [0.25, 0.3) is 0 Å². The first kappa shape index (κ1) is 20.6. The Morgan fingerprint density at radius 3 is 2.72 bits per heavy atom. The van der Waals surface area contributed by atoms with Crippen molar-refractivity contribution in [2.24, 2.45) is 0 Å². The van der Waals surface area contributed by atoms with Gasteiger partial charge in [0.15, 0.2) is 5.78 Å². The number of carbonyl (C=O) groups is 1. The molecule has 2 heterocycles. The number of anilines is 1. The van der Waals surface area contributed by atoms with Crippen LogP contribution in [0.5, 0.6) is 11.5 Å². The van der Waals surface area contributed by atoms with Gasteiger partial charge in [-0.05, 0) is 49.2 Å². The predicted octanol–water partition coefficient (Wildman–Crippen LogP) is 5.61. The molecule has 0 saturated carbocycles. The lowest BCUT2D eigenvalue weighted by molar-refractivity contribution is -0.116. The molecule has 0 spiro atoms. The van der Waals surface area contributed by atoms with Crippen LogP contribution in [-0.4, -0.2) is 25.2 Å². The van der Waals surface area contributed by atoms with Crippen molar-refractivity contribution >= 4 is 23.3 Å². The van der Waals surface area contributed by atoms with E-state index in [-0.39, 0.29) is 17.6 Å². The van der Waals surface area contributed by atoms with E-state index in [0.29, 0.717) is 23.7 Å². The number of aryl methyl sites for hydroxylation is 1. The third-order valence-corrected chi connectivity index (χ3v) is 6.55. The summed E-state index contributed by atoms with van der Waals surface area (Å²) in [4.78, 5) is 13.6. The summed E-state index contributed by atoms with van der Waals surface area (Å²) < 4.78 is 16.6. The number of aromatic nitrogens is 1. The molecule has 1 aliphatic carbocycles. The van der Waals surface area contributed by atoms with E-state index in [2.05, 4.69) is 10.5 Å². The van der Waals surface area contributed by atoms with Crippen LogP contribution in [0.1, 0.15) is 47.1 Å². The van der Waals surface area contributed by atoms with Crippen LogP contribution in [0.15, 0.2) is 58.3 Å². The highest BCUT2D eigenvalue weighted by Crippen LogP contribution is 2.50. The molecule has 2 aliphatic rings. The number of ketones is 1. The van der Waals surface area contributed by atoms with Crippen molar-refractivity contribution in [2.75, 3.05) is 19.5 Å². The number of hydrogen-bond acceptors (Lipinski definition) is 6. The lowest BCUT2D eigenvalue weighted by Gasteiger charge is -2.35. The smallest absolute Gasteiger partial charge is 0.233 e. The van der Waals surface area contributed by atoms with E-state index in [1.807, 2.05) is 49.4 Å². The molecule has 2 aromatic carbocycles. The molecule has 5 rings (SSSR count). The van der Waals surface area contributed by atoms with Gasteiger partial charge in [0.2, 0.25) is 5.88 Å². The van der Waals surface area contributed by atoms with E-state index < -0.39 is 0 Å². The SMILES string of the molecule is COc1ccc(OC)c([C@@H]2CC(=O)C3=C(C2)Nc2onc(C)c2[C@@H]3c2cccc(Cl)c2)c1. The molecule has 0 amide bonds. The van der Waals surface area contributed by atoms with E-state index >= 15 is 0 Å².